The van der Waals surface area contributed by atoms with Gasteiger partial charge in [-0.1, -0.05) is 36.5 Å². The molecule has 0 saturated carbocycles. The molecule has 2 rings (SSSR count). The molecule has 1 fully saturated rings. The molecule has 0 spiro atoms. The molecule has 2 N–H and O–H groups in total. The van der Waals surface area contributed by atoms with Crippen LogP contribution in [0, 0.1) is 0 Å². The molecule has 0 radical (unpaired) electrons. The predicted molar refractivity (Wildman–Crippen MR) is 82.3 cm³/mol. The number of thiocarbonyl (C=S) groups is 1. The molecule has 1 saturated heterocycles. The van der Waals surface area contributed by atoms with Crippen molar-refractivity contribution in [2.45, 2.75) is 32.4 Å². The number of ether oxygens (including phenoxy) is 1. The zero-order valence-corrected chi connectivity index (χ0v) is 12.3. The van der Waals surface area contributed by atoms with Gasteiger partial charge in [0.15, 0.2) is 0 Å². The van der Waals surface area contributed by atoms with Gasteiger partial charge in [-0.2, -0.15) is 0 Å². The molecule has 0 amide bonds. The summed E-state index contributed by atoms with van der Waals surface area (Å²) in [4.78, 5) is 2.92. The van der Waals surface area contributed by atoms with Crippen LogP contribution < -0.4 is 5.73 Å². The van der Waals surface area contributed by atoms with Gasteiger partial charge in [0, 0.05) is 25.3 Å². The van der Waals surface area contributed by atoms with Gasteiger partial charge < -0.3 is 10.5 Å². The third-order valence-electron chi connectivity index (χ3n) is 3.51. The van der Waals surface area contributed by atoms with E-state index in [2.05, 4.69) is 24.0 Å². The monoisotopic (exact) mass is 278 g/mol. The van der Waals surface area contributed by atoms with Crippen LogP contribution in [0.3, 0.4) is 0 Å². The molecule has 0 bridgehead atoms. The van der Waals surface area contributed by atoms with E-state index < -0.39 is 0 Å². The van der Waals surface area contributed by atoms with Crippen LogP contribution in [0.25, 0.3) is 0 Å². The lowest BCUT2D eigenvalue weighted by Gasteiger charge is -2.32. The standard InChI is InChI=1S/C15H22N2OS/c1-2-18-14-4-3-9-17(11-14)10-12-5-7-13(8-6-12)15(16)19/h5-8,14H,2-4,9-11H2,1H3,(H2,16,19). The van der Waals surface area contributed by atoms with E-state index in [-0.39, 0.29) is 0 Å². The molecule has 104 valence electrons. The minimum absolute atomic E-state index is 0.398. The first-order valence-electron chi connectivity index (χ1n) is 6.91. The second kappa shape index (κ2) is 6.98. The molecule has 4 heteroatoms. The highest BCUT2D eigenvalue weighted by Gasteiger charge is 2.19. The summed E-state index contributed by atoms with van der Waals surface area (Å²) in [5.41, 5.74) is 7.84. The molecule has 1 aliphatic rings. The van der Waals surface area contributed by atoms with Gasteiger partial charge in [0.25, 0.3) is 0 Å². The number of rotatable bonds is 5. The normalized spacial score (nSPS) is 20.4. The lowest BCUT2D eigenvalue weighted by Crippen LogP contribution is -2.39. The van der Waals surface area contributed by atoms with Crippen molar-refractivity contribution >= 4 is 17.2 Å². The number of nitrogens with zero attached hydrogens (tertiary/aromatic N) is 1. The fourth-order valence-corrected chi connectivity index (χ4v) is 2.70. The Morgan fingerprint density at radius 1 is 1.42 bits per heavy atom. The summed E-state index contributed by atoms with van der Waals surface area (Å²) in [6.45, 7) is 6.03. The first-order valence-corrected chi connectivity index (χ1v) is 7.32. The van der Waals surface area contributed by atoms with Gasteiger partial charge >= 0.3 is 0 Å². The summed E-state index contributed by atoms with van der Waals surface area (Å²) in [5, 5.41) is 0. The van der Waals surface area contributed by atoms with Crippen LogP contribution in [0.2, 0.25) is 0 Å². The van der Waals surface area contributed by atoms with E-state index in [0.29, 0.717) is 11.1 Å². The van der Waals surface area contributed by atoms with Gasteiger partial charge in [-0.3, -0.25) is 4.90 Å². The smallest absolute Gasteiger partial charge is 0.103 e. The van der Waals surface area contributed by atoms with Crippen LogP contribution in [0.15, 0.2) is 24.3 Å². The van der Waals surface area contributed by atoms with Crippen molar-refractivity contribution in [3.8, 4) is 0 Å². The van der Waals surface area contributed by atoms with Crippen LogP contribution in [-0.2, 0) is 11.3 Å². The topological polar surface area (TPSA) is 38.5 Å². The molecule has 0 aromatic heterocycles. The van der Waals surface area contributed by atoms with Crippen LogP contribution in [-0.4, -0.2) is 35.7 Å². The maximum atomic E-state index is 5.73. The number of hydrogen-bond donors (Lipinski definition) is 1. The minimum Gasteiger partial charge on any atom is -0.389 e. The second-order valence-corrected chi connectivity index (χ2v) is 5.46. The van der Waals surface area contributed by atoms with Crippen molar-refractivity contribution in [3.05, 3.63) is 35.4 Å². The van der Waals surface area contributed by atoms with E-state index in [1.807, 2.05) is 12.1 Å². The first kappa shape index (κ1) is 14.4. The van der Waals surface area contributed by atoms with E-state index in [0.717, 1.165) is 31.8 Å². The van der Waals surface area contributed by atoms with Crippen LogP contribution in [0.1, 0.15) is 30.9 Å². The average Bonchev–Trinajstić information content (AvgIpc) is 2.40. The second-order valence-electron chi connectivity index (χ2n) is 5.02. The van der Waals surface area contributed by atoms with Gasteiger partial charge in [0.2, 0.25) is 0 Å². The summed E-state index contributed by atoms with van der Waals surface area (Å²) in [5.74, 6) is 0. The highest BCUT2D eigenvalue weighted by Crippen LogP contribution is 2.16. The molecule has 1 aliphatic heterocycles. The Balaban J connectivity index is 1.91. The van der Waals surface area contributed by atoms with Crippen LogP contribution >= 0.6 is 12.2 Å². The Hall–Kier alpha value is -0.970. The van der Waals surface area contributed by atoms with Gasteiger partial charge in [0.1, 0.15) is 4.99 Å². The van der Waals surface area contributed by atoms with Crippen molar-refractivity contribution in [2.75, 3.05) is 19.7 Å². The summed E-state index contributed by atoms with van der Waals surface area (Å²) in [6.07, 6.45) is 2.80. The van der Waals surface area contributed by atoms with Gasteiger partial charge in [-0.15, -0.1) is 0 Å². The molecule has 1 heterocycles. The molecule has 1 unspecified atom stereocenters. The van der Waals surface area contributed by atoms with E-state index in [4.69, 9.17) is 22.7 Å². The maximum Gasteiger partial charge on any atom is 0.103 e. The molecular formula is C15H22N2OS. The largest absolute Gasteiger partial charge is 0.389 e. The highest BCUT2D eigenvalue weighted by atomic mass is 32.1. The van der Waals surface area contributed by atoms with E-state index in [1.165, 1.54) is 18.4 Å². The van der Waals surface area contributed by atoms with Crippen molar-refractivity contribution in [3.63, 3.8) is 0 Å². The van der Waals surface area contributed by atoms with Gasteiger partial charge in [-0.25, -0.2) is 0 Å². The molecule has 1 atom stereocenters. The fraction of sp³-hybridized carbons (Fsp3) is 0.533. The molecule has 19 heavy (non-hydrogen) atoms. The number of nitrogens with two attached hydrogens (primary N) is 1. The van der Waals surface area contributed by atoms with Crippen molar-refractivity contribution in [1.29, 1.82) is 0 Å². The van der Waals surface area contributed by atoms with Crippen molar-refractivity contribution < 1.29 is 4.74 Å². The number of piperidine rings is 1. The molecule has 1 aromatic carbocycles. The van der Waals surface area contributed by atoms with E-state index in [9.17, 15) is 0 Å². The number of hydrogen-bond acceptors (Lipinski definition) is 3. The van der Waals surface area contributed by atoms with Crippen molar-refractivity contribution in [2.24, 2.45) is 5.73 Å². The Morgan fingerprint density at radius 3 is 2.79 bits per heavy atom. The first-order chi connectivity index (χ1) is 9.19. The third-order valence-corrected chi connectivity index (χ3v) is 3.74. The molecular weight excluding hydrogens is 256 g/mol. The van der Waals surface area contributed by atoms with Crippen LogP contribution in [0.5, 0.6) is 0 Å². The van der Waals surface area contributed by atoms with Gasteiger partial charge in [-0.05, 0) is 31.9 Å². The Morgan fingerprint density at radius 2 is 2.16 bits per heavy atom. The Labute approximate surface area is 120 Å². The summed E-state index contributed by atoms with van der Waals surface area (Å²) in [6, 6.07) is 8.22. The lowest BCUT2D eigenvalue weighted by atomic mass is 10.1. The predicted octanol–water partition coefficient (Wildman–Crippen LogP) is 2.32. The van der Waals surface area contributed by atoms with E-state index >= 15 is 0 Å². The Kier molecular flexibility index (Phi) is 5.31. The molecule has 3 nitrogen and oxygen atoms in total. The van der Waals surface area contributed by atoms with Crippen LogP contribution in [0.4, 0.5) is 0 Å². The summed E-state index contributed by atoms with van der Waals surface area (Å²) >= 11 is 4.96. The quantitative estimate of drug-likeness (QED) is 0.839. The van der Waals surface area contributed by atoms with Crippen molar-refractivity contribution in [1.82, 2.24) is 4.90 Å². The number of likely N-dealkylation sites (tertiary alicyclic amines) is 1. The summed E-state index contributed by atoms with van der Waals surface area (Å²) in [7, 11) is 0. The zero-order valence-electron chi connectivity index (χ0n) is 11.5. The number of benzene rings is 1. The minimum atomic E-state index is 0.398. The summed E-state index contributed by atoms with van der Waals surface area (Å²) < 4.78 is 5.73. The third kappa shape index (κ3) is 4.27. The molecule has 0 aliphatic carbocycles. The zero-order chi connectivity index (χ0) is 13.7. The SMILES string of the molecule is CCOC1CCCN(Cc2ccc(C(N)=S)cc2)C1. The van der Waals surface area contributed by atoms with E-state index in [1.54, 1.807) is 0 Å². The average molecular weight is 278 g/mol. The lowest BCUT2D eigenvalue weighted by molar-refractivity contribution is 0.00363. The van der Waals surface area contributed by atoms with Gasteiger partial charge in [0.05, 0.1) is 6.10 Å². The fourth-order valence-electron chi connectivity index (χ4n) is 2.56. The highest BCUT2D eigenvalue weighted by molar-refractivity contribution is 7.80. The molecule has 1 aromatic rings. The Bertz CT molecular complexity index is 417. The maximum absolute atomic E-state index is 5.73.